The van der Waals surface area contributed by atoms with Crippen molar-refractivity contribution in [3.05, 3.63) is 52.8 Å². The SMILES string of the molecule is CC1Oc2ccccc2N(CCC(=O)N2CCCc3c(Cl)ccc(F)c32)C1=O. The van der Waals surface area contributed by atoms with Crippen molar-refractivity contribution in [2.75, 3.05) is 22.9 Å². The number of ether oxygens (including phenoxy) is 1. The van der Waals surface area contributed by atoms with E-state index in [0.29, 0.717) is 35.0 Å². The molecule has 1 unspecified atom stereocenters. The van der Waals surface area contributed by atoms with Gasteiger partial charge in [0.15, 0.2) is 6.10 Å². The minimum Gasteiger partial charge on any atom is -0.479 e. The molecule has 1 atom stereocenters. The summed E-state index contributed by atoms with van der Waals surface area (Å²) in [5, 5.41) is 0.472. The van der Waals surface area contributed by atoms with E-state index in [1.54, 1.807) is 24.0 Å². The summed E-state index contributed by atoms with van der Waals surface area (Å²) in [5.41, 5.74) is 1.58. The predicted octanol–water partition coefficient (Wildman–Crippen LogP) is 3.96. The summed E-state index contributed by atoms with van der Waals surface area (Å²) in [6.45, 7) is 2.33. The van der Waals surface area contributed by atoms with Gasteiger partial charge in [-0.25, -0.2) is 4.39 Å². The van der Waals surface area contributed by atoms with Gasteiger partial charge in [0.25, 0.3) is 5.91 Å². The second-order valence-electron chi connectivity index (χ2n) is 6.97. The second-order valence-corrected chi connectivity index (χ2v) is 7.38. The van der Waals surface area contributed by atoms with Gasteiger partial charge in [0, 0.05) is 24.5 Å². The molecule has 0 N–H and O–H groups in total. The number of para-hydroxylation sites is 2. The lowest BCUT2D eigenvalue weighted by Gasteiger charge is -2.34. The van der Waals surface area contributed by atoms with Gasteiger partial charge < -0.3 is 14.5 Å². The van der Waals surface area contributed by atoms with Gasteiger partial charge in [-0.1, -0.05) is 23.7 Å². The first kappa shape index (κ1) is 18.7. The van der Waals surface area contributed by atoms with E-state index in [1.807, 2.05) is 12.1 Å². The normalized spacial score (nSPS) is 18.4. The van der Waals surface area contributed by atoms with Gasteiger partial charge in [0.05, 0.1) is 11.4 Å². The third kappa shape index (κ3) is 3.22. The van der Waals surface area contributed by atoms with Crippen molar-refractivity contribution >= 4 is 34.8 Å². The Morgan fingerprint density at radius 3 is 2.89 bits per heavy atom. The van der Waals surface area contributed by atoms with Gasteiger partial charge in [0.1, 0.15) is 11.6 Å². The number of fused-ring (bicyclic) bond motifs is 2. The molecule has 0 aromatic heterocycles. The van der Waals surface area contributed by atoms with Crippen LogP contribution in [0, 0.1) is 5.82 Å². The van der Waals surface area contributed by atoms with Crippen LogP contribution in [0.15, 0.2) is 36.4 Å². The van der Waals surface area contributed by atoms with Gasteiger partial charge in [-0.05, 0) is 49.6 Å². The predicted molar refractivity (Wildman–Crippen MR) is 106 cm³/mol. The molecular formula is C21H20ClFN2O3. The molecular weight excluding hydrogens is 383 g/mol. The van der Waals surface area contributed by atoms with Crippen LogP contribution in [0.5, 0.6) is 5.75 Å². The zero-order valence-corrected chi connectivity index (χ0v) is 16.2. The average molecular weight is 403 g/mol. The summed E-state index contributed by atoms with van der Waals surface area (Å²) in [6, 6.07) is 10.1. The Labute approximate surface area is 167 Å². The van der Waals surface area contributed by atoms with E-state index < -0.39 is 11.9 Å². The second kappa shape index (κ2) is 7.43. The van der Waals surface area contributed by atoms with E-state index in [2.05, 4.69) is 0 Å². The molecule has 2 aliphatic heterocycles. The summed E-state index contributed by atoms with van der Waals surface area (Å²) in [7, 11) is 0. The van der Waals surface area contributed by atoms with Crippen LogP contribution < -0.4 is 14.5 Å². The minimum atomic E-state index is -0.614. The Balaban J connectivity index is 1.55. The Bertz CT molecular complexity index is 949. The quantitative estimate of drug-likeness (QED) is 0.780. The fourth-order valence-corrected chi connectivity index (χ4v) is 4.07. The smallest absolute Gasteiger partial charge is 0.267 e. The molecule has 2 heterocycles. The van der Waals surface area contributed by atoms with E-state index in [4.69, 9.17) is 16.3 Å². The molecule has 2 amide bonds. The van der Waals surface area contributed by atoms with Crippen molar-refractivity contribution < 1.29 is 18.7 Å². The van der Waals surface area contributed by atoms with Crippen LogP contribution in [0.2, 0.25) is 5.02 Å². The lowest BCUT2D eigenvalue weighted by molar-refractivity contribution is -0.125. The average Bonchev–Trinajstić information content (AvgIpc) is 2.70. The van der Waals surface area contributed by atoms with E-state index in [9.17, 15) is 14.0 Å². The Morgan fingerprint density at radius 2 is 2.07 bits per heavy atom. The summed E-state index contributed by atoms with van der Waals surface area (Å²) in [6.07, 6.45) is 0.830. The number of anilines is 2. The maximum Gasteiger partial charge on any atom is 0.267 e. The Kier molecular flexibility index (Phi) is 4.98. The largest absolute Gasteiger partial charge is 0.479 e. The highest BCUT2D eigenvalue weighted by Crippen LogP contribution is 2.36. The van der Waals surface area contributed by atoms with Crippen molar-refractivity contribution in [2.45, 2.75) is 32.3 Å². The summed E-state index contributed by atoms with van der Waals surface area (Å²) < 4.78 is 20.1. The van der Waals surface area contributed by atoms with Crippen LogP contribution in [0.4, 0.5) is 15.8 Å². The lowest BCUT2D eigenvalue weighted by atomic mass is 10.0. The van der Waals surface area contributed by atoms with Crippen LogP contribution in [0.1, 0.15) is 25.3 Å². The molecule has 5 nitrogen and oxygen atoms in total. The highest BCUT2D eigenvalue weighted by molar-refractivity contribution is 6.32. The third-order valence-corrected chi connectivity index (χ3v) is 5.53. The van der Waals surface area contributed by atoms with Crippen LogP contribution in [0.25, 0.3) is 0 Å². The molecule has 0 aliphatic carbocycles. The Morgan fingerprint density at radius 1 is 1.29 bits per heavy atom. The maximum absolute atomic E-state index is 14.4. The number of halogens is 2. The molecule has 0 radical (unpaired) electrons. The van der Waals surface area contributed by atoms with Crippen LogP contribution >= 0.6 is 11.6 Å². The molecule has 146 valence electrons. The third-order valence-electron chi connectivity index (χ3n) is 5.18. The minimum absolute atomic E-state index is 0.0815. The first-order valence-electron chi connectivity index (χ1n) is 9.31. The number of amides is 2. The molecule has 0 fully saturated rings. The molecule has 28 heavy (non-hydrogen) atoms. The maximum atomic E-state index is 14.4. The first-order valence-corrected chi connectivity index (χ1v) is 9.69. The van der Waals surface area contributed by atoms with Crippen molar-refractivity contribution in [3.63, 3.8) is 0 Å². The van der Waals surface area contributed by atoms with Crippen LogP contribution in [-0.2, 0) is 16.0 Å². The van der Waals surface area contributed by atoms with Gasteiger partial charge in [-0.3, -0.25) is 9.59 Å². The highest BCUT2D eigenvalue weighted by atomic mass is 35.5. The molecule has 0 spiro atoms. The van der Waals surface area contributed by atoms with Gasteiger partial charge in [-0.2, -0.15) is 0 Å². The number of rotatable bonds is 3. The van der Waals surface area contributed by atoms with Gasteiger partial charge in [-0.15, -0.1) is 0 Å². The molecule has 2 aromatic rings. The number of hydrogen-bond donors (Lipinski definition) is 0. The first-order chi connectivity index (χ1) is 13.5. The fraction of sp³-hybridized carbons (Fsp3) is 0.333. The molecule has 0 saturated heterocycles. The van der Waals surface area contributed by atoms with Gasteiger partial charge >= 0.3 is 0 Å². The zero-order chi connectivity index (χ0) is 19.8. The van der Waals surface area contributed by atoms with Gasteiger partial charge in [0.2, 0.25) is 5.91 Å². The summed E-state index contributed by atoms with van der Waals surface area (Å²) >= 11 is 6.20. The van der Waals surface area contributed by atoms with Crippen molar-refractivity contribution in [1.82, 2.24) is 0 Å². The zero-order valence-electron chi connectivity index (χ0n) is 15.5. The molecule has 2 aromatic carbocycles. The van der Waals surface area contributed by atoms with Crippen molar-refractivity contribution in [3.8, 4) is 5.75 Å². The van der Waals surface area contributed by atoms with Crippen molar-refractivity contribution in [1.29, 1.82) is 0 Å². The van der Waals surface area contributed by atoms with E-state index in [1.165, 1.54) is 17.0 Å². The number of carbonyl (C=O) groups excluding carboxylic acids is 2. The number of benzene rings is 2. The molecule has 4 rings (SSSR count). The molecule has 7 heteroatoms. The summed E-state index contributed by atoms with van der Waals surface area (Å²) in [4.78, 5) is 28.5. The monoisotopic (exact) mass is 402 g/mol. The molecule has 2 aliphatic rings. The Hall–Kier alpha value is -2.60. The standard InChI is InChI=1S/C21H20ClFN2O3/c1-13-21(27)24(17-6-2-3-7-18(17)28-13)12-10-19(26)25-11-4-5-14-15(22)8-9-16(23)20(14)25/h2-3,6-9,13H,4-5,10-12H2,1H3. The van der Waals surface area contributed by atoms with Crippen LogP contribution in [0.3, 0.4) is 0 Å². The van der Waals surface area contributed by atoms with E-state index >= 15 is 0 Å². The fourth-order valence-electron chi connectivity index (χ4n) is 3.82. The molecule has 0 saturated carbocycles. The summed E-state index contributed by atoms with van der Waals surface area (Å²) in [5.74, 6) is -0.261. The van der Waals surface area contributed by atoms with Crippen molar-refractivity contribution in [2.24, 2.45) is 0 Å². The molecule has 0 bridgehead atoms. The topological polar surface area (TPSA) is 49.9 Å². The van der Waals surface area contributed by atoms with E-state index in [-0.39, 0.29) is 30.5 Å². The van der Waals surface area contributed by atoms with Crippen LogP contribution in [-0.4, -0.2) is 31.0 Å². The number of nitrogens with zero attached hydrogens (tertiary/aromatic N) is 2. The number of carbonyl (C=O) groups is 2. The van der Waals surface area contributed by atoms with E-state index in [0.717, 1.165) is 6.42 Å². The lowest BCUT2D eigenvalue weighted by Crippen LogP contribution is -2.46. The highest BCUT2D eigenvalue weighted by Gasteiger charge is 2.33. The number of hydrogen-bond acceptors (Lipinski definition) is 3.